The zero-order chi connectivity index (χ0) is 20.1. The molecule has 0 aliphatic heterocycles. The molecule has 0 N–H and O–H groups in total. The Bertz CT molecular complexity index is 1150. The fraction of sp³-hybridized carbons (Fsp3) is 0.300. The van der Waals surface area contributed by atoms with Crippen LogP contribution < -0.4 is 9.54 Å². The van der Waals surface area contributed by atoms with E-state index in [1.165, 1.54) is 17.6 Å². The van der Waals surface area contributed by atoms with Gasteiger partial charge >= 0.3 is 0 Å². The molecule has 8 heteroatoms. The fourth-order valence-corrected chi connectivity index (χ4v) is 4.58. The molecule has 28 heavy (non-hydrogen) atoms. The molecule has 0 aliphatic rings. The van der Waals surface area contributed by atoms with E-state index in [9.17, 15) is 13.2 Å². The molecule has 1 amide bonds. The van der Waals surface area contributed by atoms with Crippen molar-refractivity contribution in [3.8, 4) is 5.75 Å². The van der Waals surface area contributed by atoms with Gasteiger partial charge in [-0.2, -0.15) is 4.99 Å². The second-order valence-corrected chi connectivity index (χ2v) is 9.38. The van der Waals surface area contributed by atoms with Gasteiger partial charge in [-0.1, -0.05) is 36.5 Å². The number of aryl methyl sites for hydroxylation is 1. The quantitative estimate of drug-likeness (QED) is 0.589. The molecule has 0 atom stereocenters. The number of thiazole rings is 1. The molecule has 1 heterocycles. The Morgan fingerprint density at radius 3 is 2.61 bits per heavy atom. The van der Waals surface area contributed by atoms with E-state index in [0.29, 0.717) is 17.1 Å². The minimum absolute atomic E-state index is 0.170. The summed E-state index contributed by atoms with van der Waals surface area (Å²) in [5.41, 5.74) is 0.881. The number of para-hydroxylation sites is 1. The summed E-state index contributed by atoms with van der Waals surface area (Å²) >= 11 is 1.32. The third-order valence-electron chi connectivity index (χ3n) is 4.08. The molecule has 2 aromatic carbocycles. The largest absolute Gasteiger partial charge is 0.493 e. The van der Waals surface area contributed by atoms with Gasteiger partial charge in [0.25, 0.3) is 5.91 Å². The van der Waals surface area contributed by atoms with Crippen molar-refractivity contribution in [2.75, 3.05) is 12.9 Å². The number of hydrogen-bond donors (Lipinski definition) is 0. The number of sulfone groups is 1. The summed E-state index contributed by atoms with van der Waals surface area (Å²) in [5, 5.41) is 0. The summed E-state index contributed by atoms with van der Waals surface area (Å²) in [4.78, 5) is 17.4. The molecule has 3 rings (SSSR count). The number of aromatic nitrogens is 1. The molecule has 0 aliphatic carbocycles. The normalized spacial score (nSPS) is 12.4. The highest BCUT2D eigenvalue weighted by Gasteiger charge is 2.12. The van der Waals surface area contributed by atoms with Gasteiger partial charge in [-0.05, 0) is 36.8 Å². The average molecular weight is 419 g/mol. The number of hydrogen-bond acceptors (Lipinski definition) is 5. The minimum atomic E-state index is -3.29. The van der Waals surface area contributed by atoms with E-state index in [0.717, 1.165) is 16.6 Å². The predicted molar refractivity (Wildman–Crippen MR) is 110 cm³/mol. The van der Waals surface area contributed by atoms with Crippen LogP contribution in [0.5, 0.6) is 5.75 Å². The van der Waals surface area contributed by atoms with Crippen molar-refractivity contribution in [1.82, 2.24) is 4.57 Å². The van der Waals surface area contributed by atoms with Crippen molar-refractivity contribution >= 4 is 37.3 Å². The van der Waals surface area contributed by atoms with E-state index in [4.69, 9.17) is 4.74 Å². The first-order valence-electron chi connectivity index (χ1n) is 8.97. The molecular formula is C20H22N2O4S2. The maximum absolute atomic E-state index is 12.3. The minimum Gasteiger partial charge on any atom is -0.493 e. The van der Waals surface area contributed by atoms with Crippen LogP contribution in [0.4, 0.5) is 0 Å². The van der Waals surface area contributed by atoms with Crippen LogP contribution in [0.15, 0.2) is 58.4 Å². The summed E-state index contributed by atoms with van der Waals surface area (Å²) in [7, 11) is -3.29. The lowest BCUT2D eigenvalue weighted by molar-refractivity contribution is -0.118. The molecule has 1 aromatic heterocycles. The van der Waals surface area contributed by atoms with Crippen LogP contribution in [0, 0.1) is 0 Å². The van der Waals surface area contributed by atoms with E-state index in [2.05, 4.69) is 4.99 Å². The van der Waals surface area contributed by atoms with Gasteiger partial charge < -0.3 is 9.30 Å². The SMILES string of the molecule is CCCn1c(=NC(=O)CCOc2ccccc2)sc2cc(S(C)(=O)=O)ccc21. The summed E-state index contributed by atoms with van der Waals surface area (Å²) in [6, 6.07) is 14.3. The monoisotopic (exact) mass is 418 g/mol. The number of benzene rings is 2. The van der Waals surface area contributed by atoms with E-state index in [1.807, 2.05) is 41.8 Å². The van der Waals surface area contributed by atoms with Crippen LogP contribution in [0.3, 0.4) is 0 Å². The van der Waals surface area contributed by atoms with Crippen LogP contribution in [-0.2, 0) is 21.2 Å². The Hall–Kier alpha value is -2.45. The summed E-state index contributed by atoms with van der Waals surface area (Å²) in [6.07, 6.45) is 2.23. The highest BCUT2D eigenvalue weighted by atomic mass is 32.2. The van der Waals surface area contributed by atoms with Gasteiger partial charge in [-0.25, -0.2) is 8.42 Å². The molecule has 3 aromatic rings. The topological polar surface area (TPSA) is 77.7 Å². The highest BCUT2D eigenvalue weighted by molar-refractivity contribution is 7.90. The maximum atomic E-state index is 12.3. The third kappa shape index (κ3) is 4.88. The van der Waals surface area contributed by atoms with Gasteiger partial charge in [0.1, 0.15) is 5.75 Å². The summed E-state index contributed by atoms with van der Waals surface area (Å²) < 4.78 is 31.9. The van der Waals surface area contributed by atoms with Gasteiger partial charge in [0.15, 0.2) is 14.6 Å². The molecule has 0 radical (unpaired) electrons. The molecule has 0 bridgehead atoms. The smallest absolute Gasteiger partial charge is 0.251 e. The van der Waals surface area contributed by atoms with Gasteiger partial charge in [-0.3, -0.25) is 4.79 Å². The van der Waals surface area contributed by atoms with Crippen LogP contribution in [-0.4, -0.2) is 31.8 Å². The zero-order valence-corrected chi connectivity index (χ0v) is 17.4. The first-order chi connectivity index (χ1) is 13.4. The predicted octanol–water partition coefficient (Wildman–Crippen LogP) is 3.41. The van der Waals surface area contributed by atoms with Gasteiger partial charge in [-0.15, -0.1) is 0 Å². The lowest BCUT2D eigenvalue weighted by Gasteiger charge is -2.04. The zero-order valence-electron chi connectivity index (χ0n) is 15.8. The standard InChI is InChI=1S/C20H22N2O4S2/c1-3-12-22-17-10-9-16(28(2,24)25)14-18(17)27-20(22)21-19(23)11-13-26-15-7-5-4-6-8-15/h4-10,14H,3,11-13H2,1-2H3. The fourth-order valence-electron chi connectivity index (χ4n) is 2.74. The van der Waals surface area contributed by atoms with E-state index >= 15 is 0 Å². The van der Waals surface area contributed by atoms with Crippen molar-refractivity contribution in [3.63, 3.8) is 0 Å². The molecule has 0 spiro atoms. The van der Waals surface area contributed by atoms with Gasteiger partial charge in [0.05, 0.1) is 28.1 Å². The number of amides is 1. The Morgan fingerprint density at radius 2 is 1.93 bits per heavy atom. The van der Waals surface area contributed by atoms with Crippen molar-refractivity contribution in [2.45, 2.75) is 31.2 Å². The molecule has 0 saturated heterocycles. The maximum Gasteiger partial charge on any atom is 0.251 e. The highest BCUT2D eigenvalue weighted by Crippen LogP contribution is 2.22. The summed E-state index contributed by atoms with van der Waals surface area (Å²) in [5.74, 6) is 0.446. The number of carbonyl (C=O) groups excluding carboxylic acids is 1. The molecule has 6 nitrogen and oxygen atoms in total. The second kappa shape index (κ2) is 8.70. The second-order valence-electron chi connectivity index (χ2n) is 6.36. The van der Waals surface area contributed by atoms with Crippen LogP contribution in [0.2, 0.25) is 0 Å². The Morgan fingerprint density at radius 1 is 1.18 bits per heavy atom. The van der Waals surface area contributed by atoms with Gasteiger partial charge in [0.2, 0.25) is 0 Å². The van der Waals surface area contributed by atoms with Crippen LogP contribution >= 0.6 is 11.3 Å². The molecule has 148 valence electrons. The van der Waals surface area contributed by atoms with Crippen LogP contribution in [0.25, 0.3) is 10.2 Å². The molecule has 0 saturated carbocycles. The summed E-state index contributed by atoms with van der Waals surface area (Å²) in [6.45, 7) is 2.99. The average Bonchev–Trinajstić information content (AvgIpc) is 2.99. The third-order valence-corrected chi connectivity index (χ3v) is 6.23. The number of ether oxygens (including phenoxy) is 1. The Labute approximate surface area is 168 Å². The first kappa shape index (κ1) is 20.3. The lowest BCUT2D eigenvalue weighted by atomic mass is 10.3. The van der Waals surface area contributed by atoms with E-state index < -0.39 is 9.84 Å². The lowest BCUT2D eigenvalue weighted by Crippen LogP contribution is -2.17. The van der Waals surface area contributed by atoms with Crippen molar-refractivity contribution in [3.05, 3.63) is 53.3 Å². The molecule has 0 fully saturated rings. The van der Waals surface area contributed by atoms with Gasteiger partial charge in [0, 0.05) is 12.8 Å². The number of carbonyl (C=O) groups is 1. The van der Waals surface area contributed by atoms with Crippen LogP contribution in [0.1, 0.15) is 19.8 Å². The molecular weight excluding hydrogens is 396 g/mol. The molecule has 0 unspecified atom stereocenters. The number of nitrogens with zero attached hydrogens (tertiary/aromatic N) is 2. The van der Waals surface area contributed by atoms with Crippen molar-refractivity contribution < 1.29 is 17.9 Å². The Balaban J connectivity index is 1.85. The van der Waals surface area contributed by atoms with Crippen molar-refractivity contribution in [1.29, 1.82) is 0 Å². The number of rotatable bonds is 7. The Kier molecular flexibility index (Phi) is 6.31. The van der Waals surface area contributed by atoms with E-state index in [-0.39, 0.29) is 23.8 Å². The van der Waals surface area contributed by atoms with Crippen molar-refractivity contribution in [2.24, 2.45) is 4.99 Å². The number of fused-ring (bicyclic) bond motifs is 1. The first-order valence-corrected chi connectivity index (χ1v) is 11.7. The van der Waals surface area contributed by atoms with E-state index in [1.54, 1.807) is 18.2 Å².